The predicted molar refractivity (Wildman–Crippen MR) is 123 cm³/mol. The van der Waals surface area contributed by atoms with Crippen LogP contribution in [0.15, 0.2) is 67.3 Å². The zero-order valence-corrected chi connectivity index (χ0v) is 17.6. The van der Waals surface area contributed by atoms with Gasteiger partial charge < -0.3 is 20.3 Å². The lowest BCUT2D eigenvalue weighted by atomic mass is 10.1. The van der Waals surface area contributed by atoms with Gasteiger partial charge in [0, 0.05) is 42.4 Å². The third-order valence-electron chi connectivity index (χ3n) is 5.37. The van der Waals surface area contributed by atoms with E-state index in [2.05, 4.69) is 38.5 Å². The maximum Gasteiger partial charge on any atom is 0.323 e. The number of pyridine rings is 1. The summed E-state index contributed by atoms with van der Waals surface area (Å²) < 4.78 is 7.40. The number of carbonyl (C=O) groups is 1. The molecule has 32 heavy (non-hydrogen) atoms. The van der Waals surface area contributed by atoms with Crippen molar-refractivity contribution in [3.05, 3.63) is 67.3 Å². The number of hydrogen-bond acceptors (Lipinski definition) is 6. The molecule has 1 unspecified atom stereocenters. The van der Waals surface area contributed by atoms with Crippen molar-refractivity contribution in [2.75, 3.05) is 35.3 Å². The van der Waals surface area contributed by atoms with Crippen molar-refractivity contribution in [2.24, 2.45) is 0 Å². The molecule has 5 rings (SSSR count). The second-order valence-corrected chi connectivity index (χ2v) is 7.63. The van der Waals surface area contributed by atoms with Gasteiger partial charge in [-0.05, 0) is 37.3 Å². The number of nitrogens with zero attached hydrogens (tertiary/aromatic N) is 5. The first-order chi connectivity index (χ1) is 15.7. The molecule has 3 aromatic heterocycles. The summed E-state index contributed by atoms with van der Waals surface area (Å²) in [5, 5.41) is 10.3. The summed E-state index contributed by atoms with van der Waals surface area (Å²) in [6.07, 6.45) is 6.86. The lowest BCUT2D eigenvalue weighted by molar-refractivity contribution is 0.0990. The van der Waals surface area contributed by atoms with E-state index in [0.717, 1.165) is 29.1 Å². The van der Waals surface area contributed by atoms with Crippen LogP contribution in [0.3, 0.4) is 0 Å². The Morgan fingerprint density at radius 3 is 2.75 bits per heavy atom. The second kappa shape index (κ2) is 8.64. The number of benzene rings is 1. The number of amides is 2. The highest BCUT2D eigenvalue weighted by Crippen LogP contribution is 2.29. The monoisotopic (exact) mass is 429 g/mol. The number of anilines is 3. The minimum absolute atomic E-state index is 0.254. The molecule has 1 aromatic carbocycles. The molecule has 0 aliphatic carbocycles. The Labute approximate surface area is 185 Å². The summed E-state index contributed by atoms with van der Waals surface area (Å²) in [7, 11) is 0. The Balaban J connectivity index is 1.38. The molecular formula is C23H23N7O2. The number of carbonyl (C=O) groups excluding carboxylic acids is 1. The zero-order valence-electron chi connectivity index (χ0n) is 17.6. The van der Waals surface area contributed by atoms with Gasteiger partial charge in [-0.1, -0.05) is 12.1 Å². The zero-order chi connectivity index (χ0) is 21.9. The largest absolute Gasteiger partial charge is 0.377 e. The van der Waals surface area contributed by atoms with E-state index in [1.807, 2.05) is 30.5 Å². The van der Waals surface area contributed by atoms with E-state index in [1.54, 1.807) is 35.2 Å². The van der Waals surface area contributed by atoms with Crippen LogP contribution in [-0.4, -0.2) is 51.4 Å². The van der Waals surface area contributed by atoms with Gasteiger partial charge in [-0.3, -0.25) is 4.98 Å². The molecule has 1 fully saturated rings. The average molecular weight is 429 g/mol. The van der Waals surface area contributed by atoms with Crippen LogP contribution in [0.5, 0.6) is 0 Å². The Bertz CT molecular complexity index is 1220. The summed E-state index contributed by atoms with van der Waals surface area (Å²) in [6.45, 7) is 4.33. The number of aromatic nitrogens is 4. The normalized spacial score (nSPS) is 16.2. The van der Waals surface area contributed by atoms with Gasteiger partial charge in [-0.15, -0.1) is 0 Å². The van der Waals surface area contributed by atoms with Crippen molar-refractivity contribution in [3.8, 4) is 11.3 Å². The highest BCUT2D eigenvalue weighted by Gasteiger charge is 2.23. The second-order valence-electron chi connectivity index (χ2n) is 7.63. The number of rotatable bonds is 4. The molecule has 9 heteroatoms. The Kier molecular flexibility index (Phi) is 5.39. The maximum absolute atomic E-state index is 12.2. The third kappa shape index (κ3) is 4.10. The van der Waals surface area contributed by atoms with Gasteiger partial charge in [0.25, 0.3) is 0 Å². The third-order valence-corrected chi connectivity index (χ3v) is 5.37. The number of morpholine rings is 1. The molecule has 2 N–H and O–H groups in total. The van der Waals surface area contributed by atoms with Crippen molar-refractivity contribution in [1.82, 2.24) is 19.6 Å². The Morgan fingerprint density at radius 2 is 1.97 bits per heavy atom. The minimum Gasteiger partial charge on any atom is -0.377 e. The summed E-state index contributed by atoms with van der Waals surface area (Å²) >= 11 is 0. The van der Waals surface area contributed by atoms with Gasteiger partial charge in [-0.25, -0.2) is 14.3 Å². The fourth-order valence-electron chi connectivity index (χ4n) is 3.79. The molecule has 162 valence electrons. The van der Waals surface area contributed by atoms with Gasteiger partial charge in [0.1, 0.15) is 0 Å². The lowest BCUT2D eigenvalue weighted by Gasteiger charge is -2.35. The van der Waals surface area contributed by atoms with E-state index in [0.29, 0.717) is 24.6 Å². The number of nitrogens with one attached hydrogen (secondary N) is 2. The standard InChI is InChI=1S/C23H23N7O2/c1-16-15-32-12-11-29(16)21-13-20(28-30-10-9-25-22(21)30)17-4-6-18(7-5-17)26-23(31)27-19-3-2-8-24-14-19/h2-10,13-14,16H,11-12,15H2,1H3,(H2,26,27,31). The van der Waals surface area contributed by atoms with E-state index in [1.165, 1.54) is 0 Å². The van der Waals surface area contributed by atoms with E-state index >= 15 is 0 Å². The van der Waals surface area contributed by atoms with Crippen LogP contribution in [0.25, 0.3) is 16.9 Å². The van der Waals surface area contributed by atoms with Gasteiger partial charge in [0.15, 0.2) is 5.65 Å². The minimum atomic E-state index is -0.327. The van der Waals surface area contributed by atoms with Gasteiger partial charge in [-0.2, -0.15) is 5.10 Å². The smallest absolute Gasteiger partial charge is 0.323 e. The number of ether oxygens (including phenoxy) is 1. The van der Waals surface area contributed by atoms with Crippen molar-refractivity contribution in [3.63, 3.8) is 0 Å². The molecule has 0 spiro atoms. The molecule has 1 aliphatic rings. The van der Waals surface area contributed by atoms with Crippen molar-refractivity contribution in [2.45, 2.75) is 13.0 Å². The van der Waals surface area contributed by atoms with Crippen LogP contribution < -0.4 is 15.5 Å². The Hall–Kier alpha value is -3.98. The van der Waals surface area contributed by atoms with Crippen LogP contribution in [-0.2, 0) is 4.74 Å². The van der Waals surface area contributed by atoms with Crippen molar-refractivity contribution in [1.29, 1.82) is 0 Å². The van der Waals surface area contributed by atoms with E-state index in [4.69, 9.17) is 9.84 Å². The van der Waals surface area contributed by atoms with Gasteiger partial charge in [0.2, 0.25) is 0 Å². The highest BCUT2D eigenvalue weighted by atomic mass is 16.5. The van der Waals surface area contributed by atoms with Crippen molar-refractivity contribution < 1.29 is 9.53 Å². The van der Waals surface area contributed by atoms with Crippen LogP contribution in [0.4, 0.5) is 21.9 Å². The number of imidazole rings is 1. The van der Waals surface area contributed by atoms with E-state index in [9.17, 15) is 4.79 Å². The number of fused-ring (bicyclic) bond motifs is 1. The van der Waals surface area contributed by atoms with Gasteiger partial charge in [0.05, 0.1) is 36.5 Å². The average Bonchev–Trinajstić information content (AvgIpc) is 3.29. The summed E-state index contributed by atoms with van der Waals surface area (Å²) in [5.74, 6) is 0. The van der Waals surface area contributed by atoms with Crippen molar-refractivity contribution >= 4 is 28.7 Å². The number of hydrogen-bond donors (Lipinski definition) is 2. The first kappa shape index (κ1) is 20.0. The van der Waals surface area contributed by atoms with Gasteiger partial charge >= 0.3 is 6.03 Å². The topological polar surface area (TPSA) is 96.7 Å². The van der Waals surface area contributed by atoms with Crippen LogP contribution in [0, 0.1) is 0 Å². The quantitative estimate of drug-likeness (QED) is 0.514. The maximum atomic E-state index is 12.2. The molecule has 0 radical (unpaired) electrons. The van der Waals surface area contributed by atoms with E-state index in [-0.39, 0.29) is 12.1 Å². The molecule has 1 atom stereocenters. The molecule has 2 amide bonds. The fraction of sp³-hybridized carbons (Fsp3) is 0.217. The molecule has 1 aliphatic heterocycles. The summed E-state index contributed by atoms with van der Waals surface area (Å²) in [6, 6.07) is 13.1. The van der Waals surface area contributed by atoms with Crippen LogP contribution in [0.1, 0.15) is 6.92 Å². The summed E-state index contributed by atoms with van der Waals surface area (Å²) in [4.78, 5) is 23.0. The Morgan fingerprint density at radius 1 is 1.12 bits per heavy atom. The SMILES string of the molecule is CC1COCCN1c1cc(-c2ccc(NC(=O)Nc3cccnc3)cc2)nn2ccnc12. The lowest BCUT2D eigenvalue weighted by Crippen LogP contribution is -2.44. The highest BCUT2D eigenvalue weighted by molar-refractivity contribution is 5.99. The molecule has 0 saturated carbocycles. The fourth-order valence-corrected chi connectivity index (χ4v) is 3.79. The number of urea groups is 1. The molecule has 9 nitrogen and oxygen atoms in total. The first-order valence-electron chi connectivity index (χ1n) is 10.4. The van der Waals surface area contributed by atoms with Crippen LogP contribution >= 0.6 is 0 Å². The molecule has 1 saturated heterocycles. The van der Waals surface area contributed by atoms with Crippen LogP contribution in [0.2, 0.25) is 0 Å². The molecule has 4 heterocycles. The molecular weight excluding hydrogens is 406 g/mol. The summed E-state index contributed by atoms with van der Waals surface area (Å²) in [5.41, 5.74) is 4.95. The molecule has 4 aromatic rings. The molecule has 0 bridgehead atoms. The van der Waals surface area contributed by atoms with E-state index < -0.39 is 0 Å². The first-order valence-corrected chi connectivity index (χ1v) is 10.4. The predicted octanol–water partition coefficient (Wildman–Crippen LogP) is 3.66.